The number of thioether (sulfide) groups is 1. The second kappa shape index (κ2) is 7.55. The molecule has 2 aliphatic rings. The van der Waals surface area contributed by atoms with Crippen molar-refractivity contribution in [2.75, 3.05) is 19.9 Å². The summed E-state index contributed by atoms with van der Waals surface area (Å²) in [6.07, 6.45) is 2.16. The van der Waals surface area contributed by atoms with Crippen LogP contribution in [0.1, 0.15) is 19.8 Å². The molecule has 2 atom stereocenters. The molecule has 4 rings (SSSR count). The number of aromatic nitrogens is 2. The number of carbonyl (C=O) groups excluding carboxylic acids is 1. The molecule has 1 amide bonds. The van der Waals surface area contributed by atoms with Crippen molar-refractivity contribution >= 4 is 17.7 Å². The maximum Gasteiger partial charge on any atom is 0.277 e. The number of ether oxygens (including phenoxy) is 3. The first kappa shape index (κ1) is 17.2. The van der Waals surface area contributed by atoms with Gasteiger partial charge in [-0.2, -0.15) is 0 Å². The van der Waals surface area contributed by atoms with E-state index in [-0.39, 0.29) is 24.1 Å². The predicted octanol–water partition coefficient (Wildman–Crippen LogP) is 2.24. The van der Waals surface area contributed by atoms with Gasteiger partial charge in [-0.25, -0.2) is 0 Å². The third kappa shape index (κ3) is 3.78. The fourth-order valence-electron chi connectivity index (χ4n) is 2.77. The number of hydrogen-bond acceptors (Lipinski definition) is 8. The summed E-state index contributed by atoms with van der Waals surface area (Å²) in [6, 6.07) is 5.42. The van der Waals surface area contributed by atoms with Gasteiger partial charge < -0.3 is 23.9 Å². The van der Waals surface area contributed by atoms with Crippen LogP contribution < -0.4 is 14.8 Å². The summed E-state index contributed by atoms with van der Waals surface area (Å²) in [4.78, 5) is 12.2. The van der Waals surface area contributed by atoms with Crippen molar-refractivity contribution < 1.29 is 23.4 Å². The second-order valence-corrected chi connectivity index (χ2v) is 7.37. The summed E-state index contributed by atoms with van der Waals surface area (Å²) >= 11 is 1.23. The molecule has 1 aromatic heterocycles. The van der Waals surface area contributed by atoms with Crippen LogP contribution in [0.4, 0.5) is 0 Å². The third-order valence-corrected chi connectivity index (χ3v) is 5.14. The van der Waals surface area contributed by atoms with E-state index in [0.717, 1.165) is 25.0 Å². The molecular weight excluding hydrogens is 358 g/mol. The number of benzene rings is 1. The molecule has 0 spiro atoms. The number of hydrogen-bond donors (Lipinski definition) is 1. The summed E-state index contributed by atoms with van der Waals surface area (Å²) in [6.45, 7) is 3.33. The minimum Gasteiger partial charge on any atom is -0.454 e. The van der Waals surface area contributed by atoms with Crippen molar-refractivity contribution in [3.05, 3.63) is 18.2 Å². The van der Waals surface area contributed by atoms with Crippen LogP contribution in [0.25, 0.3) is 11.5 Å². The van der Waals surface area contributed by atoms with Crippen LogP contribution in [0, 0.1) is 0 Å². The number of fused-ring (bicyclic) bond motifs is 1. The average molecular weight is 377 g/mol. The van der Waals surface area contributed by atoms with E-state index in [1.165, 1.54) is 11.8 Å². The Balaban J connectivity index is 1.34. The van der Waals surface area contributed by atoms with Crippen molar-refractivity contribution in [1.29, 1.82) is 0 Å². The quantitative estimate of drug-likeness (QED) is 0.766. The zero-order valence-corrected chi connectivity index (χ0v) is 15.1. The fourth-order valence-corrected chi connectivity index (χ4v) is 3.48. The molecule has 3 heterocycles. The molecule has 9 heteroatoms. The van der Waals surface area contributed by atoms with Crippen LogP contribution in [0.15, 0.2) is 27.8 Å². The molecular formula is C17H19N3O5S. The van der Waals surface area contributed by atoms with Crippen LogP contribution in [-0.2, 0) is 9.53 Å². The lowest BCUT2D eigenvalue weighted by atomic mass is 10.2. The lowest BCUT2D eigenvalue weighted by molar-refractivity contribution is -0.120. The Kier molecular flexibility index (Phi) is 4.98. The number of nitrogens with zero attached hydrogens (tertiary/aromatic N) is 2. The summed E-state index contributed by atoms with van der Waals surface area (Å²) in [5.41, 5.74) is 0.740. The average Bonchev–Trinajstić information content (AvgIpc) is 3.39. The number of rotatable bonds is 6. The van der Waals surface area contributed by atoms with E-state index in [0.29, 0.717) is 29.2 Å². The molecule has 1 N–H and O–H groups in total. The van der Waals surface area contributed by atoms with Gasteiger partial charge in [0.1, 0.15) is 0 Å². The molecule has 0 unspecified atom stereocenters. The summed E-state index contributed by atoms with van der Waals surface area (Å²) in [5.74, 6) is 1.64. The Morgan fingerprint density at radius 3 is 3.08 bits per heavy atom. The van der Waals surface area contributed by atoms with Gasteiger partial charge in [0.15, 0.2) is 11.5 Å². The van der Waals surface area contributed by atoms with Crippen LogP contribution in [0.2, 0.25) is 0 Å². The largest absolute Gasteiger partial charge is 0.454 e. The van der Waals surface area contributed by atoms with Crippen LogP contribution in [0.3, 0.4) is 0 Å². The van der Waals surface area contributed by atoms with Crippen molar-refractivity contribution in [2.24, 2.45) is 0 Å². The van der Waals surface area contributed by atoms with Gasteiger partial charge in [-0.3, -0.25) is 4.79 Å². The highest BCUT2D eigenvalue weighted by molar-refractivity contribution is 8.00. The number of amides is 1. The highest BCUT2D eigenvalue weighted by Crippen LogP contribution is 2.36. The highest BCUT2D eigenvalue weighted by Gasteiger charge is 2.22. The molecule has 26 heavy (non-hydrogen) atoms. The fraction of sp³-hybridized carbons (Fsp3) is 0.471. The lowest BCUT2D eigenvalue weighted by Gasteiger charge is -2.13. The zero-order chi connectivity index (χ0) is 17.9. The monoisotopic (exact) mass is 377 g/mol. The van der Waals surface area contributed by atoms with Gasteiger partial charge in [0.05, 0.1) is 11.4 Å². The van der Waals surface area contributed by atoms with E-state index in [9.17, 15) is 4.79 Å². The molecule has 1 fully saturated rings. The molecule has 2 aromatic rings. The van der Waals surface area contributed by atoms with Gasteiger partial charge in [0.2, 0.25) is 18.6 Å². The minimum absolute atomic E-state index is 0.0756. The highest BCUT2D eigenvalue weighted by atomic mass is 32.2. The Morgan fingerprint density at radius 2 is 2.23 bits per heavy atom. The van der Waals surface area contributed by atoms with Crippen molar-refractivity contribution in [1.82, 2.24) is 15.5 Å². The van der Waals surface area contributed by atoms with Gasteiger partial charge in [-0.15, -0.1) is 10.2 Å². The second-order valence-electron chi connectivity index (χ2n) is 6.08. The molecule has 0 radical (unpaired) electrons. The van der Waals surface area contributed by atoms with Crippen LogP contribution >= 0.6 is 11.8 Å². The predicted molar refractivity (Wildman–Crippen MR) is 93.2 cm³/mol. The van der Waals surface area contributed by atoms with Crippen LogP contribution in [-0.4, -0.2) is 47.4 Å². The molecule has 2 aliphatic heterocycles. The maximum absolute atomic E-state index is 12.2. The molecule has 1 saturated heterocycles. The number of carbonyl (C=O) groups is 1. The van der Waals surface area contributed by atoms with Gasteiger partial charge in [0, 0.05) is 18.7 Å². The third-order valence-electron chi connectivity index (χ3n) is 4.20. The normalized spacial score (nSPS) is 19.5. The Bertz CT molecular complexity index is 790. The summed E-state index contributed by atoms with van der Waals surface area (Å²) in [7, 11) is 0. The Morgan fingerprint density at radius 1 is 1.35 bits per heavy atom. The van der Waals surface area contributed by atoms with Gasteiger partial charge in [0.25, 0.3) is 5.22 Å². The van der Waals surface area contributed by atoms with E-state index in [2.05, 4.69) is 15.5 Å². The van der Waals surface area contributed by atoms with Crippen molar-refractivity contribution in [2.45, 2.75) is 36.3 Å². The molecule has 0 aliphatic carbocycles. The molecule has 0 bridgehead atoms. The standard InChI is InChI=1S/C17H19N3O5S/c1-10(15(21)18-8-12-3-2-6-22-12)26-17-20-19-16(25-17)11-4-5-13-14(7-11)24-9-23-13/h4-5,7,10,12H,2-3,6,8-9H2,1H3,(H,18,21)/t10-,12+/m0/s1. The van der Waals surface area contributed by atoms with E-state index in [4.69, 9.17) is 18.6 Å². The first-order chi connectivity index (χ1) is 12.7. The summed E-state index contributed by atoms with van der Waals surface area (Å²) < 4.78 is 21.8. The SMILES string of the molecule is C[C@H](Sc1nnc(-c2ccc3c(c2)OCO3)o1)C(=O)NC[C@H]1CCCO1. The van der Waals surface area contributed by atoms with Crippen molar-refractivity contribution in [3.63, 3.8) is 0 Å². The van der Waals surface area contributed by atoms with Crippen molar-refractivity contribution in [3.8, 4) is 23.0 Å². The van der Waals surface area contributed by atoms with Gasteiger partial charge in [-0.05, 0) is 38.0 Å². The molecule has 138 valence electrons. The maximum atomic E-state index is 12.2. The smallest absolute Gasteiger partial charge is 0.277 e. The lowest BCUT2D eigenvalue weighted by Crippen LogP contribution is -2.36. The summed E-state index contributed by atoms with van der Waals surface area (Å²) in [5, 5.41) is 11.0. The van der Waals surface area contributed by atoms with E-state index < -0.39 is 0 Å². The Hall–Kier alpha value is -2.26. The van der Waals surface area contributed by atoms with Crippen LogP contribution in [0.5, 0.6) is 11.5 Å². The first-order valence-corrected chi connectivity index (χ1v) is 9.36. The molecule has 8 nitrogen and oxygen atoms in total. The van der Waals surface area contributed by atoms with Gasteiger partial charge >= 0.3 is 0 Å². The van der Waals surface area contributed by atoms with E-state index in [1.807, 2.05) is 6.07 Å². The van der Waals surface area contributed by atoms with E-state index >= 15 is 0 Å². The van der Waals surface area contributed by atoms with Gasteiger partial charge in [-0.1, -0.05) is 11.8 Å². The minimum atomic E-state index is -0.346. The molecule has 0 saturated carbocycles. The topological polar surface area (TPSA) is 95.7 Å². The first-order valence-electron chi connectivity index (χ1n) is 8.48. The molecule has 1 aromatic carbocycles. The zero-order valence-electron chi connectivity index (χ0n) is 14.3. The van der Waals surface area contributed by atoms with E-state index in [1.54, 1.807) is 19.1 Å². The Labute approximate surface area is 154 Å². The number of nitrogens with one attached hydrogen (secondary N) is 1.